The second kappa shape index (κ2) is 10.1. The third kappa shape index (κ3) is 4.63. The van der Waals surface area contributed by atoms with Crippen LogP contribution in [0.3, 0.4) is 0 Å². The van der Waals surface area contributed by atoms with E-state index in [2.05, 4.69) is 35.5 Å². The number of carbonyl (C=O) groups excluding carboxylic acids is 1. The normalized spacial score (nSPS) is 10.6. The number of nitrogens with one attached hydrogen (secondary N) is 1. The zero-order valence-electron chi connectivity index (χ0n) is 19.6. The van der Waals surface area contributed by atoms with Crippen molar-refractivity contribution in [3.63, 3.8) is 0 Å². The van der Waals surface area contributed by atoms with Crippen LogP contribution in [-0.2, 0) is 4.74 Å². The summed E-state index contributed by atoms with van der Waals surface area (Å²) in [7, 11) is 1.37. The van der Waals surface area contributed by atoms with Gasteiger partial charge < -0.3 is 14.8 Å². The van der Waals surface area contributed by atoms with Crippen LogP contribution in [0.1, 0.15) is 10.4 Å². The average molecular weight is 474 g/mol. The van der Waals surface area contributed by atoms with Crippen molar-refractivity contribution in [1.82, 2.24) is 9.38 Å². The molecule has 1 N–H and O–H groups in total. The lowest BCUT2D eigenvalue weighted by Gasteiger charge is -2.10. The van der Waals surface area contributed by atoms with Crippen LogP contribution in [0.5, 0.6) is 5.75 Å². The number of benzene rings is 3. The number of imidazole rings is 1. The van der Waals surface area contributed by atoms with Crippen molar-refractivity contribution in [3.8, 4) is 40.5 Å². The lowest BCUT2D eigenvalue weighted by atomic mass is 10.1. The smallest absolute Gasteiger partial charge is 0.337 e. The number of anilines is 2. The van der Waals surface area contributed by atoms with E-state index in [4.69, 9.17) is 20.9 Å². The zero-order valence-corrected chi connectivity index (χ0v) is 19.6. The minimum absolute atomic E-state index is 0.213. The Kier molecular flexibility index (Phi) is 6.37. The highest BCUT2D eigenvalue weighted by molar-refractivity contribution is 5.90. The number of methoxy groups -OCH3 is 1. The van der Waals surface area contributed by atoms with Crippen LogP contribution < -0.4 is 10.1 Å². The summed E-state index contributed by atoms with van der Waals surface area (Å²) in [4.78, 5) is 16.8. The molecule has 0 aliphatic rings. The summed E-state index contributed by atoms with van der Waals surface area (Å²) in [5.74, 6) is 3.59. The van der Waals surface area contributed by atoms with Gasteiger partial charge in [-0.1, -0.05) is 36.3 Å². The van der Waals surface area contributed by atoms with E-state index < -0.39 is 0 Å². The van der Waals surface area contributed by atoms with E-state index in [1.54, 1.807) is 12.1 Å². The van der Waals surface area contributed by atoms with Crippen molar-refractivity contribution in [1.29, 1.82) is 0 Å². The van der Waals surface area contributed by atoms with Gasteiger partial charge in [-0.3, -0.25) is 4.40 Å². The number of hydrogen-bond donors (Lipinski definition) is 1. The molecule has 0 saturated carbocycles. The fourth-order valence-corrected chi connectivity index (χ4v) is 3.95. The van der Waals surface area contributed by atoms with Gasteiger partial charge in [0.05, 0.1) is 12.7 Å². The predicted molar refractivity (Wildman–Crippen MR) is 141 cm³/mol. The van der Waals surface area contributed by atoms with Crippen LogP contribution in [0, 0.1) is 12.3 Å². The Labute approximate surface area is 209 Å². The van der Waals surface area contributed by atoms with E-state index in [9.17, 15) is 4.79 Å². The van der Waals surface area contributed by atoms with Gasteiger partial charge >= 0.3 is 5.97 Å². The van der Waals surface area contributed by atoms with Crippen molar-refractivity contribution >= 4 is 23.1 Å². The van der Waals surface area contributed by atoms with Gasteiger partial charge in [0, 0.05) is 17.4 Å². The molecule has 5 rings (SSSR count). The Bertz CT molecular complexity index is 1550. The molecule has 0 spiro atoms. The van der Waals surface area contributed by atoms with Crippen molar-refractivity contribution in [3.05, 3.63) is 103 Å². The number of pyridine rings is 1. The topological polar surface area (TPSA) is 64.9 Å². The summed E-state index contributed by atoms with van der Waals surface area (Å²) in [6.45, 7) is 0.213. The summed E-state index contributed by atoms with van der Waals surface area (Å²) < 4.78 is 12.3. The first-order chi connectivity index (χ1) is 17.7. The van der Waals surface area contributed by atoms with Gasteiger partial charge in [-0.15, -0.1) is 6.42 Å². The van der Waals surface area contributed by atoms with E-state index in [0.29, 0.717) is 11.3 Å². The number of terminal acetylenes is 1. The van der Waals surface area contributed by atoms with Gasteiger partial charge in [0.15, 0.2) is 0 Å². The maximum Gasteiger partial charge on any atom is 0.337 e. The van der Waals surface area contributed by atoms with Crippen molar-refractivity contribution in [2.24, 2.45) is 0 Å². The van der Waals surface area contributed by atoms with Crippen LogP contribution in [0.4, 0.5) is 11.5 Å². The first-order valence-electron chi connectivity index (χ1n) is 11.4. The minimum Gasteiger partial charge on any atom is -0.481 e. The van der Waals surface area contributed by atoms with Crippen LogP contribution >= 0.6 is 0 Å². The quantitative estimate of drug-likeness (QED) is 0.225. The van der Waals surface area contributed by atoms with E-state index >= 15 is 0 Å². The molecule has 0 saturated heterocycles. The molecule has 5 aromatic rings. The summed E-state index contributed by atoms with van der Waals surface area (Å²) in [5, 5.41) is 3.48. The second-order valence-electron chi connectivity index (χ2n) is 8.03. The van der Waals surface area contributed by atoms with Crippen molar-refractivity contribution in [2.75, 3.05) is 19.0 Å². The Morgan fingerprint density at radius 2 is 1.69 bits per heavy atom. The molecule has 6 nitrogen and oxygen atoms in total. The highest BCUT2D eigenvalue weighted by atomic mass is 16.5. The lowest BCUT2D eigenvalue weighted by molar-refractivity contribution is 0.0601. The molecule has 36 heavy (non-hydrogen) atoms. The van der Waals surface area contributed by atoms with Crippen molar-refractivity contribution < 1.29 is 14.3 Å². The Morgan fingerprint density at radius 3 is 2.39 bits per heavy atom. The third-order valence-electron chi connectivity index (χ3n) is 5.75. The number of carbonyl (C=O) groups is 1. The lowest BCUT2D eigenvalue weighted by Crippen LogP contribution is -2.02. The van der Waals surface area contributed by atoms with Crippen LogP contribution in [0.2, 0.25) is 0 Å². The summed E-state index contributed by atoms with van der Waals surface area (Å²) in [5.41, 5.74) is 5.98. The molecule has 0 aliphatic carbocycles. The first kappa shape index (κ1) is 22.8. The molecule has 0 fully saturated rings. The summed E-state index contributed by atoms with van der Waals surface area (Å²) >= 11 is 0. The highest BCUT2D eigenvalue weighted by Gasteiger charge is 2.16. The maximum absolute atomic E-state index is 11.8. The number of ether oxygens (including phenoxy) is 2. The molecular weight excluding hydrogens is 450 g/mol. The van der Waals surface area contributed by atoms with Crippen LogP contribution in [0.15, 0.2) is 97.2 Å². The Hall–Kier alpha value is -5.02. The highest BCUT2D eigenvalue weighted by Crippen LogP contribution is 2.33. The number of fused-ring (bicyclic) bond motifs is 1. The molecule has 0 atom stereocenters. The molecule has 0 unspecified atom stereocenters. The molecule has 0 aliphatic heterocycles. The van der Waals surface area contributed by atoms with Crippen molar-refractivity contribution in [2.45, 2.75) is 0 Å². The number of esters is 1. The van der Waals surface area contributed by atoms with E-state index in [0.717, 1.165) is 39.5 Å². The van der Waals surface area contributed by atoms with E-state index in [1.165, 1.54) is 7.11 Å². The maximum atomic E-state index is 11.8. The fraction of sp³-hybridized carbons (Fsp3) is 0.0667. The van der Waals surface area contributed by atoms with Gasteiger partial charge in [-0.25, -0.2) is 9.78 Å². The van der Waals surface area contributed by atoms with Gasteiger partial charge in [-0.2, -0.15) is 0 Å². The van der Waals surface area contributed by atoms with E-state index in [1.807, 2.05) is 65.2 Å². The fourth-order valence-electron chi connectivity index (χ4n) is 3.95. The van der Waals surface area contributed by atoms with Gasteiger partial charge in [0.2, 0.25) is 0 Å². The van der Waals surface area contributed by atoms with Crippen LogP contribution in [0.25, 0.3) is 28.0 Å². The molecule has 0 radical (unpaired) electrons. The number of nitrogens with zero attached hydrogens (tertiary/aromatic N) is 2. The number of rotatable bonds is 7. The molecule has 176 valence electrons. The van der Waals surface area contributed by atoms with Crippen LogP contribution in [-0.4, -0.2) is 29.1 Å². The predicted octanol–water partition coefficient (Wildman–Crippen LogP) is 6.21. The molecule has 0 bridgehead atoms. The average Bonchev–Trinajstić information content (AvgIpc) is 3.30. The van der Waals surface area contributed by atoms with Gasteiger partial charge in [-0.05, 0) is 71.8 Å². The van der Waals surface area contributed by atoms with Gasteiger partial charge in [0.25, 0.3) is 0 Å². The molecular formula is C30H23N3O3. The molecule has 3 aromatic carbocycles. The standard InChI is InChI=1S/C30H23N3O3/c1-3-19-36-26-15-11-22(12-16-26)28-29(31-25-13-9-23(10-14-25)30(34)35-2)33-18-17-24(20-27(33)32-28)21-7-5-4-6-8-21/h1,4-18,20,31H,19H2,2H3. The second-order valence-corrected chi connectivity index (χ2v) is 8.03. The largest absolute Gasteiger partial charge is 0.481 e. The number of hydrogen-bond acceptors (Lipinski definition) is 5. The molecule has 0 amide bonds. The summed E-state index contributed by atoms with van der Waals surface area (Å²) in [6, 6.07) is 29.1. The third-order valence-corrected chi connectivity index (χ3v) is 5.75. The zero-order chi connectivity index (χ0) is 24.9. The van der Waals surface area contributed by atoms with Gasteiger partial charge in [0.1, 0.15) is 29.5 Å². The first-order valence-corrected chi connectivity index (χ1v) is 11.4. The minimum atomic E-state index is -0.377. The molecule has 2 heterocycles. The molecule has 6 heteroatoms. The Morgan fingerprint density at radius 1 is 0.944 bits per heavy atom. The molecule has 2 aromatic heterocycles. The number of aromatic nitrogens is 2. The summed E-state index contributed by atoms with van der Waals surface area (Å²) in [6.07, 6.45) is 7.30. The Balaban J connectivity index is 1.57. The SMILES string of the molecule is C#CCOc1ccc(-c2nc3cc(-c4ccccc4)ccn3c2Nc2ccc(C(=O)OC)cc2)cc1. The monoisotopic (exact) mass is 473 g/mol. The van der Waals surface area contributed by atoms with E-state index in [-0.39, 0.29) is 12.6 Å².